The number of nitrogens with zero attached hydrogens (tertiary/aromatic N) is 3. The summed E-state index contributed by atoms with van der Waals surface area (Å²) in [5, 5.41) is 10.2. The molecule has 2 aromatic rings. The van der Waals surface area contributed by atoms with Gasteiger partial charge in [-0.05, 0) is 6.07 Å². The van der Waals surface area contributed by atoms with Crippen LogP contribution in [0.2, 0.25) is 5.02 Å². The lowest BCUT2D eigenvalue weighted by Crippen LogP contribution is -2.03. The molecule has 0 radical (unpaired) electrons. The van der Waals surface area contributed by atoms with Crippen molar-refractivity contribution in [1.29, 1.82) is 5.26 Å². The SMILES string of the molecule is N#Cc1cn(COCCS)c2nccc(Cl)c12. The van der Waals surface area contributed by atoms with Crippen LogP contribution in [0.5, 0.6) is 0 Å². The molecule has 17 heavy (non-hydrogen) atoms. The van der Waals surface area contributed by atoms with E-state index >= 15 is 0 Å². The molecule has 6 heteroatoms. The maximum absolute atomic E-state index is 9.04. The molecule has 2 heterocycles. The fourth-order valence-electron chi connectivity index (χ4n) is 1.59. The molecule has 0 aliphatic carbocycles. The fourth-order valence-corrected chi connectivity index (χ4v) is 1.96. The van der Waals surface area contributed by atoms with Crippen molar-refractivity contribution in [3.63, 3.8) is 0 Å². The van der Waals surface area contributed by atoms with Crippen molar-refractivity contribution in [1.82, 2.24) is 9.55 Å². The number of nitriles is 1. The van der Waals surface area contributed by atoms with Gasteiger partial charge in [-0.3, -0.25) is 0 Å². The van der Waals surface area contributed by atoms with E-state index in [4.69, 9.17) is 21.6 Å². The van der Waals surface area contributed by atoms with E-state index in [-0.39, 0.29) is 0 Å². The summed E-state index contributed by atoms with van der Waals surface area (Å²) in [4.78, 5) is 4.22. The average molecular weight is 268 g/mol. The molecule has 4 nitrogen and oxygen atoms in total. The van der Waals surface area contributed by atoms with Crippen LogP contribution in [0.15, 0.2) is 18.5 Å². The second-order valence-electron chi connectivity index (χ2n) is 3.38. The van der Waals surface area contributed by atoms with Crippen LogP contribution in [0.4, 0.5) is 0 Å². The van der Waals surface area contributed by atoms with E-state index in [1.54, 1.807) is 23.0 Å². The van der Waals surface area contributed by atoms with Gasteiger partial charge in [0.25, 0.3) is 0 Å². The Morgan fingerprint density at radius 3 is 3.12 bits per heavy atom. The number of fused-ring (bicyclic) bond motifs is 1. The Balaban J connectivity index is 2.44. The molecular weight excluding hydrogens is 258 g/mol. The van der Waals surface area contributed by atoms with Crippen molar-refractivity contribution < 1.29 is 4.74 Å². The Morgan fingerprint density at radius 1 is 1.59 bits per heavy atom. The molecule has 0 N–H and O–H groups in total. The van der Waals surface area contributed by atoms with Gasteiger partial charge in [-0.2, -0.15) is 17.9 Å². The molecule has 2 rings (SSSR count). The van der Waals surface area contributed by atoms with Crippen molar-refractivity contribution in [2.24, 2.45) is 0 Å². The highest BCUT2D eigenvalue weighted by molar-refractivity contribution is 7.80. The van der Waals surface area contributed by atoms with Crippen LogP contribution in [-0.4, -0.2) is 21.9 Å². The standard InChI is InChI=1S/C11H10ClN3OS/c12-9-1-2-14-11-10(9)8(5-13)6-15(11)7-16-3-4-17/h1-2,6,17H,3-4,7H2. The summed E-state index contributed by atoms with van der Waals surface area (Å²) in [5.41, 5.74) is 1.17. The molecule has 0 unspecified atom stereocenters. The minimum absolute atomic E-state index is 0.339. The largest absolute Gasteiger partial charge is 0.360 e. The van der Waals surface area contributed by atoms with Gasteiger partial charge in [0.05, 0.1) is 22.6 Å². The van der Waals surface area contributed by atoms with E-state index in [1.807, 2.05) is 0 Å². The zero-order valence-electron chi connectivity index (χ0n) is 8.93. The molecule has 88 valence electrons. The highest BCUT2D eigenvalue weighted by atomic mass is 35.5. The third-order valence-electron chi connectivity index (χ3n) is 2.29. The summed E-state index contributed by atoms with van der Waals surface area (Å²) in [6.07, 6.45) is 3.31. The summed E-state index contributed by atoms with van der Waals surface area (Å²) in [5.74, 6) is 0.651. The van der Waals surface area contributed by atoms with Crippen molar-refractivity contribution in [3.05, 3.63) is 29.0 Å². The van der Waals surface area contributed by atoms with Gasteiger partial charge in [-0.15, -0.1) is 0 Å². The smallest absolute Gasteiger partial charge is 0.144 e. The van der Waals surface area contributed by atoms with Gasteiger partial charge >= 0.3 is 0 Å². The Bertz CT molecular complexity index is 576. The predicted molar refractivity (Wildman–Crippen MR) is 69.3 cm³/mol. The number of hydrogen-bond donors (Lipinski definition) is 1. The lowest BCUT2D eigenvalue weighted by atomic mass is 10.2. The van der Waals surface area contributed by atoms with Gasteiger partial charge in [0.15, 0.2) is 0 Å². The Morgan fingerprint density at radius 2 is 2.41 bits per heavy atom. The molecule has 0 saturated carbocycles. The lowest BCUT2D eigenvalue weighted by molar-refractivity contribution is 0.0928. The number of hydrogen-bond acceptors (Lipinski definition) is 4. The number of rotatable bonds is 4. The van der Waals surface area contributed by atoms with Gasteiger partial charge in [-0.1, -0.05) is 11.6 Å². The van der Waals surface area contributed by atoms with Crippen LogP contribution in [-0.2, 0) is 11.5 Å². The minimum Gasteiger partial charge on any atom is -0.360 e. The number of aromatic nitrogens is 2. The van der Waals surface area contributed by atoms with Gasteiger partial charge in [0, 0.05) is 18.1 Å². The van der Waals surface area contributed by atoms with Gasteiger partial charge in [-0.25, -0.2) is 4.98 Å². The number of halogens is 1. The third-order valence-corrected chi connectivity index (χ3v) is 2.79. The van der Waals surface area contributed by atoms with E-state index in [0.717, 1.165) is 0 Å². The summed E-state index contributed by atoms with van der Waals surface area (Å²) in [6.45, 7) is 0.886. The number of thiol groups is 1. The average Bonchev–Trinajstić information content (AvgIpc) is 2.70. The van der Waals surface area contributed by atoms with Crippen LogP contribution in [0, 0.1) is 11.3 Å². The second-order valence-corrected chi connectivity index (χ2v) is 4.23. The molecule has 0 saturated heterocycles. The topological polar surface area (TPSA) is 50.8 Å². The Labute approximate surface area is 109 Å². The van der Waals surface area contributed by atoms with Crippen molar-refractivity contribution in [2.45, 2.75) is 6.73 Å². The Hall–Kier alpha value is -1.22. The first-order valence-corrected chi connectivity index (χ1v) is 6.01. The predicted octanol–water partition coefficient (Wildman–Crippen LogP) is 2.47. The van der Waals surface area contributed by atoms with Crippen LogP contribution < -0.4 is 0 Å². The quantitative estimate of drug-likeness (QED) is 0.684. The monoisotopic (exact) mass is 267 g/mol. The zero-order valence-corrected chi connectivity index (χ0v) is 10.6. The maximum atomic E-state index is 9.04. The van der Waals surface area contributed by atoms with E-state index in [1.165, 1.54) is 0 Å². The van der Waals surface area contributed by atoms with E-state index < -0.39 is 0 Å². The fraction of sp³-hybridized carbons (Fsp3) is 0.273. The molecular formula is C11H10ClN3OS. The van der Waals surface area contributed by atoms with Crippen LogP contribution in [0.25, 0.3) is 11.0 Å². The first-order valence-electron chi connectivity index (χ1n) is 5.00. The van der Waals surface area contributed by atoms with Crippen molar-refractivity contribution in [2.75, 3.05) is 12.4 Å². The zero-order chi connectivity index (χ0) is 12.3. The maximum Gasteiger partial charge on any atom is 0.144 e. The van der Waals surface area contributed by atoms with E-state index in [2.05, 4.69) is 23.7 Å². The van der Waals surface area contributed by atoms with E-state index in [9.17, 15) is 0 Å². The van der Waals surface area contributed by atoms with Crippen LogP contribution in [0.1, 0.15) is 5.56 Å². The summed E-state index contributed by atoms with van der Waals surface area (Å²) < 4.78 is 7.14. The Kier molecular flexibility index (Phi) is 3.89. The molecule has 0 aliphatic heterocycles. The van der Waals surface area contributed by atoms with E-state index in [0.29, 0.717) is 40.7 Å². The molecule has 0 aromatic carbocycles. The van der Waals surface area contributed by atoms with Gasteiger partial charge in [0.1, 0.15) is 18.4 Å². The lowest BCUT2D eigenvalue weighted by Gasteiger charge is -2.04. The van der Waals surface area contributed by atoms with Gasteiger partial charge in [0.2, 0.25) is 0 Å². The molecule has 0 bridgehead atoms. The van der Waals surface area contributed by atoms with Crippen LogP contribution in [0.3, 0.4) is 0 Å². The van der Waals surface area contributed by atoms with Crippen LogP contribution >= 0.6 is 24.2 Å². The normalized spacial score (nSPS) is 10.6. The first kappa shape index (κ1) is 12.2. The molecule has 0 fully saturated rings. The minimum atomic E-state index is 0.339. The number of pyridine rings is 1. The molecule has 2 aromatic heterocycles. The number of ether oxygens (including phenoxy) is 1. The molecule has 0 aliphatic rings. The molecule has 0 atom stereocenters. The highest BCUT2D eigenvalue weighted by Crippen LogP contribution is 2.26. The second kappa shape index (κ2) is 5.41. The van der Waals surface area contributed by atoms with Crippen molar-refractivity contribution in [3.8, 4) is 6.07 Å². The van der Waals surface area contributed by atoms with Gasteiger partial charge < -0.3 is 9.30 Å². The summed E-state index contributed by atoms with van der Waals surface area (Å²) in [6, 6.07) is 3.78. The first-order chi connectivity index (χ1) is 8.27. The molecule has 0 amide bonds. The third kappa shape index (κ3) is 2.39. The van der Waals surface area contributed by atoms with Crippen molar-refractivity contribution >= 4 is 35.3 Å². The summed E-state index contributed by atoms with van der Waals surface area (Å²) in [7, 11) is 0. The highest BCUT2D eigenvalue weighted by Gasteiger charge is 2.12. The summed E-state index contributed by atoms with van der Waals surface area (Å²) >= 11 is 10.1. The molecule has 0 spiro atoms.